The number of imidazole rings is 1. The molecule has 0 bridgehead atoms. The first-order chi connectivity index (χ1) is 18.2. The van der Waals surface area contributed by atoms with Gasteiger partial charge in [0.2, 0.25) is 5.91 Å². The third-order valence-corrected chi connectivity index (χ3v) is 6.35. The molecule has 1 amide bonds. The van der Waals surface area contributed by atoms with Crippen LogP contribution >= 0.6 is 0 Å². The van der Waals surface area contributed by atoms with Crippen molar-refractivity contribution in [3.63, 3.8) is 0 Å². The number of anilines is 1. The number of halogens is 4. The van der Waals surface area contributed by atoms with Gasteiger partial charge in [-0.3, -0.25) is 4.79 Å². The van der Waals surface area contributed by atoms with Crippen molar-refractivity contribution in [1.82, 2.24) is 34.2 Å². The van der Waals surface area contributed by atoms with Crippen molar-refractivity contribution in [1.29, 1.82) is 0 Å². The summed E-state index contributed by atoms with van der Waals surface area (Å²) in [5, 5.41) is 4.71. The predicted molar refractivity (Wildman–Crippen MR) is 128 cm³/mol. The Morgan fingerprint density at radius 2 is 2.11 bits per heavy atom. The number of nitrogens with zero attached hydrogens (tertiary/aromatic N) is 7. The van der Waals surface area contributed by atoms with E-state index >= 15 is 4.39 Å². The van der Waals surface area contributed by atoms with E-state index in [1.807, 2.05) is 0 Å². The third-order valence-electron chi connectivity index (χ3n) is 6.35. The first-order valence-electron chi connectivity index (χ1n) is 11.3. The summed E-state index contributed by atoms with van der Waals surface area (Å²) in [6.07, 6.45) is 3.86. The molecule has 196 valence electrons. The number of likely N-dealkylation sites (tertiary alicyclic amines) is 1. The van der Waals surface area contributed by atoms with Crippen LogP contribution in [0.1, 0.15) is 23.7 Å². The second-order valence-corrected chi connectivity index (χ2v) is 8.60. The highest BCUT2D eigenvalue weighted by molar-refractivity contribution is 5.91. The highest BCUT2D eigenvalue weighted by Gasteiger charge is 2.37. The molecule has 5 rings (SSSR count). The van der Waals surface area contributed by atoms with E-state index in [0.717, 1.165) is 12.1 Å². The Balaban J connectivity index is 1.56. The molecule has 0 spiro atoms. The van der Waals surface area contributed by atoms with Crippen LogP contribution in [0.4, 0.5) is 23.4 Å². The molecule has 14 heteroatoms. The van der Waals surface area contributed by atoms with Gasteiger partial charge in [-0.05, 0) is 18.4 Å². The van der Waals surface area contributed by atoms with Crippen LogP contribution in [0.3, 0.4) is 0 Å². The van der Waals surface area contributed by atoms with Crippen molar-refractivity contribution in [2.45, 2.75) is 25.1 Å². The van der Waals surface area contributed by atoms with E-state index in [1.54, 1.807) is 7.05 Å². The summed E-state index contributed by atoms with van der Waals surface area (Å²) >= 11 is 0. The average molecular weight is 528 g/mol. The molecule has 1 aromatic carbocycles. The number of nitrogens with two attached hydrogens (primary N) is 1. The number of alkyl halides is 2. The van der Waals surface area contributed by atoms with E-state index in [-0.39, 0.29) is 46.5 Å². The SMILES string of the molecule is C=CC(=O)N1CC(n2nc(C#Cc3c(F)cc4c(ncn4C)c3F)c3c(N)ncnc32)C[C@@H]1COC(F)F. The molecule has 4 aromatic rings. The van der Waals surface area contributed by atoms with Gasteiger partial charge in [0.15, 0.2) is 11.5 Å². The number of nitrogen functional groups attached to an aromatic ring is 1. The highest BCUT2D eigenvalue weighted by atomic mass is 19.3. The number of carbonyl (C=O) groups is 1. The average Bonchev–Trinajstić information content (AvgIpc) is 3.58. The largest absolute Gasteiger partial charge is 0.383 e. The van der Waals surface area contributed by atoms with E-state index in [2.05, 4.69) is 43.2 Å². The molecule has 2 N–H and O–H groups in total. The van der Waals surface area contributed by atoms with Gasteiger partial charge in [0.1, 0.15) is 29.2 Å². The number of hydrogen-bond acceptors (Lipinski definition) is 7. The lowest BCUT2D eigenvalue weighted by atomic mass is 10.1. The Hall–Kier alpha value is -4.51. The van der Waals surface area contributed by atoms with Crippen LogP contribution in [-0.2, 0) is 16.6 Å². The minimum Gasteiger partial charge on any atom is -0.383 e. The summed E-state index contributed by atoms with van der Waals surface area (Å²) in [5.41, 5.74) is 6.11. The molecular formula is C24H20F4N8O2. The van der Waals surface area contributed by atoms with Gasteiger partial charge in [0.05, 0.1) is 41.5 Å². The number of ether oxygens (including phenoxy) is 1. The van der Waals surface area contributed by atoms with E-state index < -0.39 is 48.4 Å². The standard InChI is InChI=1S/C24H20F4N8O2/c1-3-18(37)35-8-12(6-13(35)9-38-24(27)28)36-23-19(22(29)30-10-31-23)16(33-36)5-4-14-15(25)7-17-21(20(14)26)32-11-34(17)2/h3,7,10-13,24H,1,6,8-9H2,2H3,(H2,29,30,31)/t12?,13-/m1/s1. The fourth-order valence-corrected chi connectivity index (χ4v) is 4.57. The molecule has 2 atom stereocenters. The number of amides is 1. The number of aromatic nitrogens is 6. The van der Waals surface area contributed by atoms with Crippen LogP contribution in [0.15, 0.2) is 31.4 Å². The molecule has 1 saturated heterocycles. The molecular weight excluding hydrogens is 508 g/mol. The van der Waals surface area contributed by atoms with Gasteiger partial charge in [-0.2, -0.15) is 13.9 Å². The van der Waals surface area contributed by atoms with Gasteiger partial charge < -0.3 is 19.9 Å². The van der Waals surface area contributed by atoms with Crippen molar-refractivity contribution in [3.8, 4) is 11.8 Å². The second-order valence-electron chi connectivity index (χ2n) is 8.60. The van der Waals surface area contributed by atoms with Crippen LogP contribution in [0.5, 0.6) is 0 Å². The van der Waals surface area contributed by atoms with E-state index in [1.165, 1.54) is 26.8 Å². The van der Waals surface area contributed by atoms with Gasteiger partial charge in [-0.1, -0.05) is 12.5 Å². The second kappa shape index (κ2) is 9.75. The summed E-state index contributed by atoms with van der Waals surface area (Å²) < 4.78 is 62.5. The van der Waals surface area contributed by atoms with Gasteiger partial charge in [-0.15, -0.1) is 0 Å². The van der Waals surface area contributed by atoms with Crippen LogP contribution in [0.25, 0.3) is 22.1 Å². The van der Waals surface area contributed by atoms with E-state index in [0.29, 0.717) is 0 Å². The maximum Gasteiger partial charge on any atom is 0.345 e. The first kappa shape index (κ1) is 25.2. The molecule has 0 saturated carbocycles. The molecule has 0 radical (unpaired) electrons. The van der Waals surface area contributed by atoms with Crippen LogP contribution < -0.4 is 5.73 Å². The van der Waals surface area contributed by atoms with Crippen molar-refractivity contribution in [3.05, 3.63) is 54.3 Å². The maximum atomic E-state index is 15.0. The smallest absolute Gasteiger partial charge is 0.345 e. The molecule has 10 nitrogen and oxygen atoms in total. The lowest BCUT2D eigenvalue weighted by molar-refractivity contribution is -0.146. The minimum absolute atomic E-state index is 0.0290. The zero-order valence-electron chi connectivity index (χ0n) is 19.9. The summed E-state index contributed by atoms with van der Waals surface area (Å²) in [4.78, 5) is 25.9. The fraction of sp³-hybridized carbons (Fsp3) is 0.292. The lowest BCUT2D eigenvalue weighted by Crippen LogP contribution is -2.37. The summed E-state index contributed by atoms with van der Waals surface area (Å²) in [6.45, 7) is 0.157. The number of aryl methyl sites for hydroxylation is 1. The van der Waals surface area contributed by atoms with E-state index in [4.69, 9.17) is 5.73 Å². The maximum absolute atomic E-state index is 15.0. The fourth-order valence-electron chi connectivity index (χ4n) is 4.57. The number of carbonyl (C=O) groups excluding carboxylic acids is 1. The zero-order chi connectivity index (χ0) is 27.1. The van der Waals surface area contributed by atoms with Crippen molar-refractivity contribution < 1.29 is 27.1 Å². The number of rotatable bonds is 5. The topological polar surface area (TPSA) is 117 Å². The number of hydrogen-bond donors (Lipinski definition) is 1. The van der Waals surface area contributed by atoms with Gasteiger partial charge >= 0.3 is 6.61 Å². The lowest BCUT2D eigenvalue weighted by Gasteiger charge is -2.22. The van der Waals surface area contributed by atoms with Crippen molar-refractivity contribution in [2.75, 3.05) is 18.9 Å². The number of fused-ring (bicyclic) bond motifs is 2. The van der Waals surface area contributed by atoms with Crippen LogP contribution in [0.2, 0.25) is 0 Å². The van der Waals surface area contributed by atoms with Crippen LogP contribution in [-0.4, -0.2) is 65.9 Å². The molecule has 1 fully saturated rings. The molecule has 1 aliphatic rings. The summed E-state index contributed by atoms with van der Waals surface area (Å²) in [6, 6.07) is -0.0637. The first-order valence-corrected chi connectivity index (χ1v) is 11.3. The monoisotopic (exact) mass is 528 g/mol. The van der Waals surface area contributed by atoms with Gasteiger partial charge in [-0.25, -0.2) is 28.4 Å². The van der Waals surface area contributed by atoms with Crippen LogP contribution in [0, 0.1) is 23.5 Å². The van der Waals surface area contributed by atoms with Crippen molar-refractivity contribution >= 4 is 33.8 Å². The summed E-state index contributed by atoms with van der Waals surface area (Å²) in [5.74, 6) is 2.91. The van der Waals surface area contributed by atoms with Crippen molar-refractivity contribution in [2.24, 2.45) is 7.05 Å². The Morgan fingerprint density at radius 1 is 1.32 bits per heavy atom. The summed E-state index contributed by atoms with van der Waals surface area (Å²) in [7, 11) is 1.61. The molecule has 38 heavy (non-hydrogen) atoms. The molecule has 3 aromatic heterocycles. The van der Waals surface area contributed by atoms with E-state index in [9.17, 15) is 18.0 Å². The van der Waals surface area contributed by atoms with Gasteiger partial charge in [0, 0.05) is 19.7 Å². The Bertz CT molecular complexity index is 1640. The van der Waals surface area contributed by atoms with Gasteiger partial charge in [0.25, 0.3) is 0 Å². The quantitative estimate of drug-likeness (QED) is 0.240. The molecule has 1 unspecified atom stereocenters. The zero-order valence-corrected chi connectivity index (χ0v) is 19.9. The Morgan fingerprint density at radius 3 is 2.84 bits per heavy atom. The number of benzene rings is 1. The minimum atomic E-state index is -3.00. The highest BCUT2D eigenvalue weighted by Crippen LogP contribution is 2.32. The molecule has 4 heterocycles. The predicted octanol–water partition coefficient (Wildman–Crippen LogP) is 2.54. The Kier molecular flexibility index (Phi) is 6.45. The normalized spacial score (nSPS) is 17.4. The third kappa shape index (κ3) is 4.30. The Labute approximate surface area is 212 Å². The molecule has 0 aliphatic carbocycles. The molecule has 1 aliphatic heterocycles.